The first-order valence-corrected chi connectivity index (χ1v) is 6.46. The van der Waals surface area contributed by atoms with E-state index in [0.717, 1.165) is 24.6 Å². The van der Waals surface area contributed by atoms with Crippen molar-refractivity contribution in [2.45, 2.75) is 19.8 Å². The third-order valence-corrected chi connectivity index (χ3v) is 3.31. The Bertz CT molecular complexity index is 528. The van der Waals surface area contributed by atoms with Gasteiger partial charge in [-0.1, -0.05) is 0 Å². The molecule has 0 saturated carbocycles. The molecule has 2 aromatic rings. The molecule has 0 aromatic carbocycles. The quantitative estimate of drug-likeness (QED) is 0.870. The Morgan fingerprint density at radius 1 is 1.33 bits per heavy atom. The Labute approximate surface area is 106 Å². The van der Waals surface area contributed by atoms with Crippen LogP contribution in [-0.2, 0) is 0 Å². The van der Waals surface area contributed by atoms with Crippen LogP contribution in [0, 0.1) is 6.92 Å². The van der Waals surface area contributed by atoms with E-state index >= 15 is 0 Å². The number of likely N-dealkylation sites (tertiary alicyclic amines) is 1. The summed E-state index contributed by atoms with van der Waals surface area (Å²) >= 11 is 0. The maximum Gasteiger partial charge on any atom is 0.254 e. The van der Waals surface area contributed by atoms with Gasteiger partial charge < -0.3 is 10.2 Å². The summed E-state index contributed by atoms with van der Waals surface area (Å²) in [5, 5.41) is 7.60. The SMILES string of the molecule is Cc1cc(NCCN2CCCC2)n2ncnc2n1. The average Bonchev–Trinajstić information content (AvgIpc) is 2.98. The standard InChI is InChI=1S/C12H18N6/c1-10-8-11(18-12(16-10)14-9-15-18)13-4-7-17-5-2-3-6-17/h8-9,13H,2-7H2,1H3. The molecule has 0 bridgehead atoms. The zero-order valence-electron chi connectivity index (χ0n) is 10.6. The van der Waals surface area contributed by atoms with Crippen molar-refractivity contribution in [1.29, 1.82) is 0 Å². The van der Waals surface area contributed by atoms with Crippen LogP contribution in [0.5, 0.6) is 0 Å². The molecule has 0 amide bonds. The predicted molar refractivity (Wildman–Crippen MR) is 69.7 cm³/mol. The molecule has 3 heterocycles. The molecule has 6 nitrogen and oxygen atoms in total. The van der Waals surface area contributed by atoms with E-state index in [0.29, 0.717) is 5.78 Å². The number of fused-ring (bicyclic) bond motifs is 1. The molecule has 0 unspecified atom stereocenters. The fraction of sp³-hybridized carbons (Fsp3) is 0.583. The molecular weight excluding hydrogens is 228 g/mol. The number of hydrogen-bond acceptors (Lipinski definition) is 5. The first-order valence-electron chi connectivity index (χ1n) is 6.46. The molecule has 1 aliphatic rings. The first-order chi connectivity index (χ1) is 8.83. The molecule has 0 spiro atoms. The van der Waals surface area contributed by atoms with Gasteiger partial charge in [-0.25, -0.2) is 4.98 Å². The van der Waals surface area contributed by atoms with E-state index in [1.807, 2.05) is 13.0 Å². The topological polar surface area (TPSA) is 58.4 Å². The molecule has 0 atom stereocenters. The molecule has 6 heteroatoms. The average molecular weight is 246 g/mol. The highest BCUT2D eigenvalue weighted by atomic mass is 15.4. The minimum Gasteiger partial charge on any atom is -0.369 e. The third-order valence-electron chi connectivity index (χ3n) is 3.31. The lowest BCUT2D eigenvalue weighted by molar-refractivity contribution is 0.352. The zero-order chi connectivity index (χ0) is 12.4. The summed E-state index contributed by atoms with van der Waals surface area (Å²) in [6.45, 7) is 6.45. The van der Waals surface area contributed by atoms with E-state index in [-0.39, 0.29) is 0 Å². The monoisotopic (exact) mass is 246 g/mol. The van der Waals surface area contributed by atoms with Gasteiger partial charge in [-0.05, 0) is 32.9 Å². The normalized spacial score (nSPS) is 16.5. The van der Waals surface area contributed by atoms with Gasteiger partial charge in [-0.3, -0.25) is 0 Å². The third kappa shape index (κ3) is 2.28. The molecular formula is C12H18N6. The van der Waals surface area contributed by atoms with Gasteiger partial charge in [-0.2, -0.15) is 14.6 Å². The fourth-order valence-corrected chi connectivity index (χ4v) is 2.40. The Balaban J connectivity index is 1.67. The van der Waals surface area contributed by atoms with Gasteiger partial charge in [0.1, 0.15) is 12.1 Å². The van der Waals surface area contributed by atoms with Crippen LogP contribution in [0.4, 0.5) is 5.82 Å². The summed E-state index contributed by atoms with van der Waals surface area (Å²) in [6.07, 6.45) is 4.21. The maximum absolute atomic E-state index is 4.32. The largest absolute Gasteiger partial charge is 0.369 e. The molecule has 96 valence electrons. The molecule has 0 radical (unpaired) electrons. The number of rotatable bonds is 4. The summed E-state index contributed by atoms with van der Waals surface area (Å²) < 4.78 is 1.75. The number of nitrogens with one attached hydrogen (secondary N) is 1. The first kappa shape index (κ1) is 11.4. The lowest BCUT2D eigenvalue weighted by Crippen LogP contribution is -2.26. The van der Waals surface area contributed by atoms with E-state index in [1.165, 1.54) is 32.3 Å². The molecule has 2 aromatic heterocycles. The highest BCUT2D eigenvalue weighted by Gasteiger charge is 2.11. The van der Waals surface area contributed by atoms with Gasteiger partial charge in [-0.15, -0.1) is 0 Å². The molecule has 0 aliphatic carbocycles. The van der Waals surface area contributed by atoms with Crippen LogP contribution in [-0.4, -0.2) is 50.7 Å². The van der Waals surface area contributed by atoms with Crippen LogP contribution in [0.25, 0.3) is 5.78 Å². The summed E-state index contributed by atoms with van der Waals surface area (Å²) in [6, 6.07) is 2.01. The Morgan fingerprint density at radius 2 is 2.17 bits per heavy atom. The van der Waals surface area contributed by atoms with Crippen molar-refractivity contribution in [3.8, 4) is 0 Å². The highest BCUT2D eigenvalue weighted by Crippen LogP contribution is 2.10. The van der Waals surface area contributed by atoms with E-state index in [1.54, 1.807) is 4.52 Å². The Hall–Kier alpha value is -1.69. The van der Waals surface area contributed by atoms with Gasteiger partial charge in [0.25, 0.3) is 5.78 Å². The van der Waals surface area contributed by atoms with Crippen LogP contribution in [0.3, 0.4) is 0 Å². The Kier molecular flexibility index (Phi) is 3.10. The van der Waals surface area contributed by atoms with Crippen molar-refractivity contribution in [1.82, 2.24) is 24.5 Å². The van der Waals surface area contributed by atoms with Gasteiger partial charge in [0.15, 0.2) is 0 Å². The van der Waals surface area contributed by atoms with E-state index in [4.69, 9.17) is 0 Å². The molecule has 1 saturated heterocycles. The number of aryl methyl sites for hydroxylation is 1. The number of anilines is 1. The predicted octanol–water partition coefficient (Wildman–Crippen LogP) is 0.940. The van der Waals surface area contributed by atoms with Crippen LogP contribution in [0.15, 0.2) is 12.4 Å². The van der Waals surface area contributed by atoms with Crippen molar-refractivity contribution in [3.63, 3.8) is 0 Å². The second-order valence-electron chi connectivity index (χ2n) is 4.73. The maximum atomic E-state index is 4.32. The molecule has 1 N–H and O–H groups in total. The van der Waals surface area contributed by atoms with Crippen molar-refractivity contribution >= 4 is 11.6 Å². The van der Waals surface area contributed by atoms with Gasteiger partial charge in [0, 0.05) is 24.8 Å². The summed E-state index contributed by atoms with van der Waals surface area (Å²) in [4.78, 5) is 10.9. The molecule has 1 aliphatic heterocycles. The van der Waals surface area contributed by atoms with Crippen molar-refractivity contribution < 1.29 is 0 Å². The molecule has 1 fully saturated rings. The second-order valence-corrected chi connectivity index (χ2v) is 4.73. The van der Waals surface area contributed by atoms with Crippen LogP contribution in [0.1, 0.15) is 18.5 Å². The number of aromatic nitrogens is 4. The van der Waals surface area contributed by atoms with Gasteiger partial charge in [0.05, 0.1) is 0 Å². The fourth-order valence-electron chi connectivity index (χ4n) is 2.40. The van der Waals surface area contributed by atoms with Crippen LogP contribution < -0.4 is 5.32 Å². The van der Waals surface area contributed by atoms with Crippen LogP contribution in [0.2, 0.25) is 0 Å². The summed E-state index contributed by atoms with van der Waals surface area (Å²) in [7, 11) is 0. The van der Waals surface area contributed by atoms with Gasteiger partial charge in [0.2, 0.25) is 0 Å². The minimum absolute atomic E-state index is 0.652. The summed E-state index contributed by atoms with van der Waals surface area (Å²) in [5.41, 5.74) is 0.958. The van der Waals surface area contributed by atoms with E-state index < -0.39 is 0 Å². The van der Waals surface area contributed by atoms with Crippen LogP contribution >= 0.6 is 0 Å². The van der Waals surface area contributed by atoms with Crippen molar-refractivity contribution in [2.75, 3.05) is 31.5 Å². The lowest BCUT2D eigenvalue weighted by atomic mass is 10.4. The lowest BCUT2D eigenvalue weighted by Gasteiger charge is -2.15. The summed E-state index contributed by atoms with van der Waals surface area (Å²) in [5.74, 6) is 1.62. The zero-order valence-corrected chi connectivity index (χ0v) is 10.6. The number of nitrogens with zero attached hydrogens (tertiary/aromatic N) is 5. The number of hydrogen-bond donors (Lipinski definition) is 1. The highest BCUT2D eigenvalue weighted by molar-refractivity contribution is 5.44. The Morgan fingerprint density at radius 3 is 3.00 bits per heavy atom. The van der Waals surface area contributed by atoms with E-state index in [2.05, 4.69) is 25.3 Å². The molecule has 3 rings (SSSR count). The van der Waals surface area contributed by atoms with Gasteiger partial charge >= 0.3 is 0 Å². The smallest absolute Gasteiger partial charge is 0.254 e. The second kappa shape index (κ2) is 4.89. The molecule has 18 heavy (non-hydrogen) atoms. The van der Waals surface area contributed by atoms with Crippen molar-refractivity contribution in [3.05, 3.63) is 18.1 Å². The minimum atomic E-state index is 0.652. The van der Waals surface area contributed by atoms with E-state index in [9.17, 15) is 0 Å². The van der Waals surface area contributed by atoms with Crippen molar-refractivity contribution in [2.24, 2.45) is 0 Å².